The number of amides is 2. The summed E-state index contributed by atoms with van der Waals surface area (Å²) >= 11 is 12.7. The molecular weight excluding hydrogens is 533 g/mol. The summed E-state index contributed by atoms with van der Waals surface area (Å²) in [6.07, 6.45) is 0. The van der Waals surface area contributed by atoms with Gasteiger partial charge in [-0.2, -0.15) is 0 Å². The maximum absolute atomic E-state index is 13.8. The molecule has 0 unspecified atom stereocenters. The van der Waals surface area contributed by atoms with Crippen LogP contribution in [0, 0.1) is 13.8 Å². The van der Waals surface area contributed by atoms with Gasteiger partial charge in [-0.25, -0.2) is 8.42 Å². The Morgan fingerprint density at radius 2 is 1.57 bits per heavy atom. The van der Waals surface area contributed by atoms with Gasteiger partial charge in [0, 0.05) is 29.2 Å². The van der Waals surface area contributed by atoms with Crippen molar-refractivity contribution in [3.63, 3.8) is 0 Å². The van der Waals surface area contributed by atoms with Gasteiger partial charge >= 0.3 is 0 Å². The normalized spacial score (nSPS) is 12.1. The molecule has 37 heavy (non-hydrogen) atoms. The molecular formula is C27H29Cl2N3O4S. The number of likely N-dealkylation sites (N-methyl/N-ethyl adjacent to an activating group) is 1. The molecule has 10 heteroatoms. The molecule has 0 radical (unpaired) electrons. The van der Waals surface area contributed by atoms with E-state index in [9.17, 15) is 18.0 Å². The van der Waals surface area contributed by atoms with Crippen molar-refractivity contribution >= 4 is 50.7 Å². The zero-order valence-corrected chi connectivity index (χ0v) is 23.4. The Bertz CT molecular complexity index is 1380. The molecule has 0 saturated carbocycles. The van der Waals surface area contributed by atoms with Crippen LogP contribution in [0.15, 0.2) is 71.6 Å². The van der Waals surface area contributed by atoms with Crippen LogP contribution in [-0.4, -0.2) is 44.8 Å². The summed E-state index contributed by atoms with van der Waals surface area (Å²) < 4.78 is 28.7. The van der Waals surface area contributed by atoms with Crippen LogP contribution in [0.3, 0.4) is 0 Å². The summed E-state index contributed by atoms with van der Waals surface area (Å²) in [6, 6.07) is 17.2. The number of nitrogens with one attached hydrogen (secondary N) is 1. The number of carbonyl (C=O) groups is 2. The van der Waals surface area contributed by atoms with Crippen LogP contribution >= 0.6 is 23.2 Å². The summed E-state index contributed by atoms with van der Waals surface area (Å²) in [6.45, 7) is 4.63. The molecule has 0 aliphatic rings. The van der Waals surface area contributed by atoms with Gasteiger partial charge in [0.2, 0.25) is 11.8 Å². The van der Waals surface area contributed by atoms with E-state index in [0.29, 0.717) is 26.9 Å². The number of carbonyl (C=O) groups excluding carboxylic acids is 2. The lowest BCUT2D eigenvalue weighted by Crippen LogP contribution is -2.50. The van der Waals surface area contributed by atoms with Crippen LogP contribution in [0.5, 0.6) is 0 Å². The van der Waals surface area contributed by atoms with Crippen molar-refractivity contribution in [1.82, 2.24) is 10.2 Å². The fourth-order valence-corrected chi connectivity index (χ4v) is 5.98. The summed E-state index contributed by atoms with van der Waals surface area (Å²) in [4.78, 5) is 27.7. The van der Waals surface area contributed by atoms with Crippen LogP contribution in [0.4, 0.5) is 5.69 Å². The molecule has 3 aromatic rings. The fraction of sp³-hybridized carbons (Fsp3) is 0.259. The predicted octanol–water partition coefficient (Wildman–Crippen LogP) is 4.97. The highest BCUT2D eigenvalue weighted by Crippen LogP contribution is 2.30. The largest absolute Gasteiger partial charge is 0.357 e. The van der Waals surface area contributed by atoms with Crippen LogP contribution in [-0.2, 0) is 26.2 Å². The molecule has 196 valence electrons. The maximum Gasteiger partial charge on any atom is 0.264 e. The second-order valence-electron chi connectivity index (χ2n) is 8.63. The fourth-order valence-electron chi connectivity index (χ4n) is 3.96. The van der Waals surface area contributed by atoms with Gasteiger partial charge in [0.15, 0.2) is 0 Å². The van der Waals surface area contributed by atoms with Crippen molar-refractivity contribution in [3.05, 3.63) is 93.5 Å². The minimum atomic E-state index is -4.13. The third-order valence-corrected chi connectivity index (χ3v) is 8.52. The number of rotatable bonds is 9. The number of hydrogen-bond donors (Lipinski definition) is 1. The molecule has 0 spiro atoms. The molecule has 0 bridgehead atoms. The Labute approximate surface area is 228 Å². The van der Waals surface area contributed by atoms with Gasteiger partial charge in [-0.1, -0.05) is 65.2 Å². The van der Waals surface area contributed by atoms with E-state index < -0.39 is 34.4 Å². The number of aryl methyl sites for hydroxylation is 2. The molecule has 2 amide bonds. The lowest BCUT2D eigenvalue weighted by atomic mass is 10.1. The highest BCUT2D eigenvalue weighted by atomic mass is 35.5. The van der Waals surface area contributed by atoms with E-state index in [1.54, 1.807) is 62.4 Å². The van der Waals surface area contributed by atoms with E-state index in [1.807, 2.05) is 13.0 Å². The van der Waals surface area contributed by atoms with E-state index in [-0.39, 0.29) is 11.4 Å². The summed E-state index contributed by atoms with van der Waals surface area (Å²) in [5.74, 6) is -1.01. The van der Waals surface area contributed by atoms with Gasteiger partial charge in [0.25, 0.3) is 10.0 Å². The van der Waals surface area contributed by atoms with Crippen molar-refractivity contribution < 1.29 is 18.0 Å². The highest BCUT2D eigenvalue weighted by Gasteiger charge is 2.33. The third kappa shape index (κ3) is 6.44. The number of sulfonamides is 1. The zero-order chi connectivity index (χ0) is 27.3. The molecule has 1 atom stereocenters. The molecule has 7 nitrogen and oxygen atoms in total. The van der Waals surface area contributed by atoms with Crippen LogP contribution in [0.25, 0.3) is 0 Å². The summed E-state index contributed by atoms with van der Waals surface area (Å²) in [5.41, 5.74) is 2.46. The number of nitrogens with zero attached hydrogens (tertiary/aromatic N) is 2. The van der Waals surface area contributed by atoms with Gasteiger partial charge in [-0.05, 0) is 56.7 Å². The second kappa shape index (κ2) is 12.0. The standard InChI is InChI=1S/C27H29Cl2N3O4S/c1-18-13-14-25(19(2)15-18)32(37(35,36)21-9-6-5-7-10-21)17-26(33)31(20(3)27(34)30-4)16-22-23(28)11-8-12-24(22)29/h5-15,20H,16-17H2,1-4H3,(H,30,34)/t20-/m0/s1. The van der Waals surface area contributed by atoms with Gasteiger partial charge < -0.3 is 10.2 Å². The predicted molar refractivity (Wildman–Crippen MR) is 147 cm³/mol. The number of benzene rings is 3. The molecule has 3 rings (SSSR count). The first-order valence-corrected chi connectivity index (χ1v) is 13.8. The molecule has 0 fully saturated rings. The Balaban J connectivity index is 2.09. The minimum absolute atomic E-state index is 0.0443. The van der Waals surface area contributed by atoms with Gasteiger partial charge in [0.05, 0.1) is 10.6 Å². The Morgan fingerprint density at radius 3 is 2.14 bits per heavy atom. The first-order valence-electron chi connectivity index (χ1n) is 11.6. The molecule has 0 aromatic heterocycles. The minimum Gasteiger partial charge on any atom is -0.357 e. The first-order chi connectivity index (χ1) is 17.5. The van der Waals surface area contributed by atoms with Crippen LogP contribution < -0.4 is 9.62 Å². The van der Waals surface area contributed by atoms with Crippen molar-refractivity contribution in [1.29, 1.82) is 0 Å². The van der Waals surface area contributed by atoms with E-state index >= 15 is 0 Å². The molecule has 0 saturated heterocycles. The Morgan fingerprint density at radius 1 is 0.946 bits per heavy atom. The van der Waals surface area contributed by atoms with Crippen molar-refractivity contribution in [2.24, 2.45) is 0 Å². The van der Waals surface area contributed by atoms with E-state index in [1.165, 1.54) is 24.1 Å². The van der Waals surface area contributed by atoms with Crippen molar-refractivity contribution in [3.8, 4) is 0 Å². The SMILES string of the molecule is CNC(=O)[C@H](C)N(Cc1c(Cl)cccc1Cl)C(=O)CN(c1ccc(C)cc1C)S(=O)(=O)c1ccccc1. The van der Waals surface area contributed by atoms with Crippen LogP contribution in [0.1, 0.15) is 23.6 Å². The Kier molecular flexibility index (Phi) is 9.23. The number of anilines is 1. The molecule has 0 aliphatic carbocycles. The highest BCUT2D eigenvalue weighted by molar-refractivity contribution is 7.92. The average molecular weight is 563 g/mol. The average Bonchev–Trinajstić information content (AvgIpc) is 2.87. The lowest BCUT2D eigenvalue weighted by Gasteiger charge is -2.32. The number of hydrogen-bond acceptors (Lipinski definition) is 4. The lowest BCUT2D eigenvalue weighted by molar-refractivity contribution is -0.139. The van der Waals surface area contributed by atoms with Gasteiger partial charge in [0.1, 0.15) is 12.6 Å². The van der Waals surface area contributed by atoms with Gasteiger partial charge in [-0.3, -0.25) is 13.9 Å². The van der Waals surface area contributed by atoms with Gasteiger partial charge in [-0.15, -0.1) is 0 Å². The molecule has 0 aliphatic heterocycles. The van der Waals surface area contributed by atoms with E-state index in [4.69, 9.17) is 23.2 Å². The molecule has 1 N–H and O–H groups in total. The Hall–Kier alpha value is -3.07. The molecule has 3 aromatic carbocycles. The zero-order valence-electron chi connectivity index (χ0n) is 21.0. The van der Waals surface area contributed by atoms with E-state index in [0.717, 1.165) is 9.87 Å². The third-order valence-electron chi connectivity index (χ3n) is 6.03. The monoisotopic (exact) mass is 561 g/mol. The van der Waals surface area contributed by atoms with Crippen molar-refractivity contribution in [2.45, 2.75) is 38.3 Å². The molecule has 0 heterocycles. The van der Waals surface area contributed by atoms with Crippen LogP contribution in [0.2, 0.25) is 10.0 Å². The van der Waals surface area contributed by atoms with E-state index in [2.05, 4.69) is 5.32 Å². The van der Waals surface area contributed by atoms with Crippen molar-refractivity contribution in [2.75, 3.05) is 17.9 Å². The second-order valence-corrected chi connectivity index (χ2v) is 11.3. The summed E-state index contributed by atoms with van der Waals surface area (Å²) in [7, 11) is -2.66. The topological polar surface area (TPSA) is 86.8 Å². The first kappa shape index (κ1) is 28.5. The quantitative estimate of drug-likeness (QED) is 0.399. The maximum atomic E-state index is 13.8. The smallest absolute Gasteiger partial charge is 0.264 e. The summed E-state index contributed by atoms with van der Waals surface area (Å²) in [5, 5.41) is 3.20. The number of halogens is 2.